The number of hydrogen-bond donors (Lipinski definition) is 1. The minimum atomic E-state index is -0.644. The van der Waals surface area contributed by atoms with Crippen molar-refractivity contribution in [3.05, 3.63) is 0 Å². The van der Waals surface area contributed by atoms with Crippen molar-refractivity contribution in [2.75, 3.05) is 0 Å². The van der Waals surface area contributed by atoms with Gasteiger partial charge in [-0.15, -0.1) is 0 Å². The van der Waals surface area contributed by atoms with E-state index in [1.165, 1.54) is 19.3 Å². The molecule has 2 nitrogen and oxygen atoms in total. The van der Waals surface area contributed by atoms with Gasteiger partial charge >= 0.3 is 5.97 Å². The van der Waals surface area contributed by atoms with Gasteiger partial charge in [0.15, 0.2) is 0 Å². The summed E-state index contributed by atoms with van der Waals surface area (Å²) in [6.07, 6.45) is 6.26. The molecule has 1 aliphatic carbocycles. The maximum absolute atomic E-state index is 10.5. The van der Waals surface area contributed by atoms with Crippen LogP contribution in [0.3, 0.4) is 0 Å². The number of hydrogen-bond acceptors (Lipinski definition) is 1. The average Bonchev–Trinajstić information content (AvgIpc) is 1.85. The van der Waals surface area contributed by atoms with Crippen molar-refractivity contribution < 1.29 is 9.90 Å². The first kappa shape index (κ1) is 12.4. The van der Waals surface area contributed by atoms with E-state index in [9.17, 15) is 4.79 Å². The number of carboxylic acid groups (broad SMARTS) is 1. The fraction of sp³-hybridized carbons (Fsp3) is 0.889. The number of aliphatic carboxylic acids is 1. The fourth-order valence-electron chi connectivity index (χ4n) is 1.95. The van der Waals surface area contributed by atoms with Crippen LogP contribution in [-0.2, 0) is 4.79 Å². The van der Waals surface area contributed by atoms with Gasteiger partial charge in [-0.25, -0.2) is 0 Å². The molecule has 0 aromatic rings. The molecular formula is C9H16O2Tl. The van der Waals surface area contributed by atoms with E-state index >= 15 is 0 Å². The molecule has 1 radical (unpaired) electrons. The van der Waals surface area contributed by atoms with Gasteiger partial charge in [-0.3, -0.25) is 4.79 Å². The largest absolute Gasteiger partial charge is 0.481 e. The van der Waals surface area contributed by atoms with E-state index in [0.29, 0.717) is 6.42 Å². The Morgan fingerprint density at radius 1 is 1.33 bits per heavy atom. The van der Waals surface area contributed by atoms with Gasteiger partial charge in [0.05, 0.1) is 6.42 Å². The Labute approximate surface area is 93.9 Å². The molecule has 1 N–H and O–H groups in total. The Morgan fingerprint density at radius 3 is 2.25 bits per heavy atom. The second-order valence-corrected chi connectivity index (χ2v) is 3.94. The first-order chi connectivity index (χ1) is 5.12. The Balaban J connectivity index is 0.00000121. The number of carbonyl (C=O) groups is 1. The van der Waals surface area contributed by atoms with Gasteiger partial charge in [-0.1, -0.05) is 26.2 Å². The molecule has 0 spiro atoms. The van der Waals surface area contributed by atoms with E-state index in [-0.39, 0.29) is 32.7 Å². The second-order valence-electron chi connectivity index (χ2n) is 3.94. The minimum Gasteiger partial charge on any atom is -0.481 e. The van der Waals surface area contributed by atoms with Crippen molar-refractivity contribution in [3.63, 3.8) is 0 Å². The molecule has 0 saturated heterocycles. The zero-order valence-electron chi connectivity index (χ0n) is 7.68. The molecule has 12 heavy (non-hydrogen) atoms. The molecule has 0 aromatic carbocycles. The number of carboxylic acids is 1. The quantitative estimate of drug-likeness (QED) is 0.765. The van der Waals surface area contributed by atoms with Crippen LogP contribution in [0.25, 0.3) is 0 Å². The minimum absolute atomic E-state index is 0. The van der Waals surface area contributed by atoms with Crippen molar-refractivity contribution in [2.24, 2.45) is 5.41 Å². The summed E-state index contributed by atoms with van der Waals surface area (Å²) in [6, 6.07) is 0. The second kappa shape index (κ2) is 5.19. The topological polar surface area (TPSA) is 37.3 Å². The molecule has 0 aromatic heterocycles. The van der Waals surface area contributed by atoms with Gasteiger partial charge in [0.25, 0.3) is 0 Å². The smallest absolute Gasteiger partial charge is 0.303 e. The summed E-state index contributed by atoms with van der Waals surface area (Å²) in [5.74, 6) is -0.644. The Kier molecular flexibility index (Phi) is 5.36. The van der Waals surface area contributed by atoms with Crippen LogP contribution >= 0.6 is 0 Å². The van der Waals surface area contributed by atoms with Crippen molar-refractivity contribution in [3.8, 4) is 0 Å². The van der Waals surface area contributed by atoms with Crippen molar-refractivity contribution in [1.82, 2.24) is 0 Å². The summed E-state index contributed by atoms with van der Waals surface area (Å²) in [5.41, 5.74) is 0.101. The third kappa shape index (κ3) is 3.87. The predicted molar refractivity (Wildman–Crippen MR) is 49.2 cm³/mol. The fourth-order valence-corrected chi connectivity index (χ4v) is 1.95. The van der Waals surface area contributed by atoms with E-state index < -0.39 is 5.97 Å². The van der Waals surface area contributed by atoms with Gasteiger partial charge in [0.2, 0.25) is 0 Å². The van der Waals surface area contributed by atoms with E-state index in [1.807, 2.05) is 0 Å². The maximum atomic E-state index is 10.5. The standard InChI is InChI=1S/C9H16O2.Tl/c1-9(7-8(10)11)5-3-2-4-6-9;/h2-7H2,1H3,(H,10,11);. The zero-order valence-corrected chi connectivity index (χ0v) is 12.2. The summed E-state index contributed by atoms with van der Waals surface area (Å²) in [5, 5.41) is 8.63. The molecule has 0 unspecified atom stereocenters. The van der Waals surface area contributed by atoms with Crippen LogP contribution in [0.15, 0.2) is 0 Å². The van der Waals surface area contributed by atoms with Gasteiger partial charge in [0, 0.05) is 27.3 Å². The Morgan fingerprint density at radius 2 is 1.83 bits per heavy atom. The molecule has 1 rings (SSSR count). The molecule has 0 amide bonds. The van der Waals surface area contributed by atoms with E-state index in [4.69, 9.17) is 5.11 Å². The van der Waals surface area contributed by atoms with Crippen LogP contribution in [0.1, 0.15) is 45.4 Å². The van der Waals surface area contributed by atoms with E-state index in [0.717, 1.165) is 12.8 Å². The molecule has 1 aliphatic rings. The van der Waals surface area contributed by atoms with E-state index in [2.05, 4.69) is 6.92 Å². The van der Waals surface area contributed by atoms with Gasteiger partial charge in [0.1, 0.15) is 0 Å². The molecule has 3 heteroatoms. The first-order valence-electron chi connectivity index (χ1n) is 4.34. The molecule has 1 fully saturated rings. The third-order valence-electron chi connectivity index (χ3n) is 2.64. The molecule has 0 heterocycles. The molecular weight excluding hydrogens is 344 g/mol. The van der Waals surface area contributed by atoms with Gasteiger partial charge in [-0.2, -0.15) is 0 Å². The van der Waals surface area contributed by atoms with Crippen molar-refractivity contribution >= 4 is 33.3 Å². The molecule has 0 bridgehead atoms. The van der Waals surface area contributed by atoms with Crippen LogP contribution in [0.5, 0.6) is 0 Å². The summed E-state index contributed by atoms with van der Waals surface area (Å²) in [4.78, 5) is 10.5. The molecule has 0 atom stereocenters. The molecule has 1 saturated carbocycles. The van der Waals surface area contributed by atoms with Gasteiger partial charge < -0.3 is 5.11 Å². The summed E-state index contributed by atoms with van der Waals surface area (Å²) < 4.78 is 0. The van der Waals surface area contributed by atoms with Crippen molar-refractivity contribution in [2.45, 2.75) is 45.4 Å². The van der Waals surface area contributed by atoms with Crippen LogP contribution < -0.4 is 0 Å². The summed E-state index contributed by atoms with van der Waals surface area (Å²) in [6.45, 7) is 2.10. The van der Waals surface area contributed by atoms with Crippen molar-refractivity contribution in [1.29, 1.82) is 0 Å². The zero-order chi connectivity index (χ0) is 8.32. The molecule has 67 valence electrons. The normalized spacial score (nSPS) is 21.1. The van der Waals surface area contributed by atoms with Crippen LogP contribution in [-0.4, -0.2) is 38.4 Å². The summed E-state index contributed by atoms with van der Waals surface area (Å²) >= 11 is 0. The summed E-state index contributed by atoms with van der Waals surface area (Å²) in [7, 11) is 0. The predicted octanol–water partition coefficient (Wildman–Crippen LogP) is 2.05. The van der Waals surface area contributed by atoms with Crippen LogP contribution in [0.2, 0.25) is 0 Å². The van der Waals surface area contributed by atoms with Crippen LogP contribution in [0, 0.1) is 5.41 Å². The third-order valence-corrected chi connectivity index (χ3v) is 2.64. The van der Waals surface area contributed by atoms with E-state index in [1.54, 1.807) is 0 Å². The van der Waals surface area contributed by atoms with Gasteiger partial charge in [-0.05, 0) is 18.3 Å². The maximum Gasteiger partial charge on any atom is 0.303 e. The Hall–Kier alpha value is 0.392. The first-order valence-corrected chi connectivity index (χ1v) is 4.34. The SMILES string of the molecule is CC1(CC(=O)O)CCCCC1.[Tl]. The molecule has 0 aliphatic heterocycles. The average molecular weight is 361 g/mol. The Bertz CT molecular complexity index is 151. The number of rotatable bonds is 2. The monoisotopic (exact) mass is 361 g/mol. The van der Waals surface area contributed by atoms with Crippen LogP contribution in [0.4, 0.5) is 0 Å².